The number of primary amides is 1. The molecule has 2 aromatic heterocycles. The van der Waals surface area contributed by atoms with Crippen molar-refractivity contribution in [2.75, 3.05) is 12.3 Å². The number of hydrogen-bond acceptors (Lipinski definition) is 11. The fourth-order valence-electron chi connectivity index (χ4n) is 3.59. The Morgan fingerprint density at radius 1 is 1.06 bits per heavy atom. The zero-order valence-electron chi connectivity index (χ0n) is 17.9. The Morgan fingerprint density at radius 3 is 2.25 bits per heavy atom. The normalized spacial score (nSPS) is 22.5. The summed E-state index contributed by atoms with van der Waals surface area (Å²) >= 11 is 0. The third kappa shape index (κ3) is 4.46. The lowest BCUT2D eigenvalue weighted by atomic mass is 10.1. The van der Waals surface area contributed by atoms with Crippen molar-refractivity contribution in [3.8, 4) is 0 Å². The predicted molar refractivity (Wildman–Crippen MR) is 107 cm³/mol. The second-order valence-corrected chi connectivity index (χ2v) is 7.18. The smallest absolute Gasteiger partial charge is 0.303 e. The topological polar surface area (TPSA) is 188 Å². The molecule has 32 heavy (non-hydrogen) atoms. The summed E-state index contributed by atoms with van der Waals surface area (Å²) in [6.45, 7) is 4.88. The lowest BCUT2D eigenvalue weighted by Gasteiger charge is -2.24. The number of esters is 3. The Balaban J connectivity index is 2.16. The van der Waals surface area contributed by atoms with E-state index in [0.29, 0.717) is 5.82 Å². The molecule has 1 aliphatic rings. The first-order valence-electron chi connectivity index (χ1n) is 9.57. The van der Waals surface area contributed by atoms with Gasteiger partial charge in [-0.15, -0.1) is 0 Å². The first-order chi connectivity index (χ1) is 15.0. The molecule has 13 nitrogen and oxygen atoms in total. The molecule has 4 atom stereocenters. The van der Waals surface area contributed by atoms with E-state index >= 15 is 0 Å². The summed E-state index contributed by atoms with van der Waals surface area (Å²) in [6, 6.07) is 0. The Hall–Kier alpha value is -3.74. The molecule has 0 aromatic carbocycles. The van der Waals surface area contributed by atoms with Crippen molar-refractivity contribution in [1.29, 1.82) is 0 Å². The van der Waals surface area contributed by atoms with Crippen LogP contribution in [0, 0.1) is 6.92 Å². The van der Waals surface area contributed by atoms with E-state index in [4.69, 9.17) is 30.4 Å². The molecule has 0 bridgehead atoms. The molecule has 1 fully saturated rings. The molecule has 1 amide bonds. The Labute approximate surface area is 181 Å². The molecule has 0 spiro atoms. The largest absolute Gasteiger partial charge is 0.463 e. The second kappa shape index (κ2) is 8.78. The van der Waals surface area contributed by atoms with Crippen LogP contribution in [0.3, 0.4) is 0 Å². The summed E-state index contributed by atoms with van der Waals surface area (Å²) in [6.07, 6.45) is -3.03. The van der Waals surface area contributed by atoms with Gasteiger partial charge in [0.25, 0.3) is 5.91 Å². The zero-order chi connectivity index (χ0) is 23.7. The number of nitrogens with zero attached hydrogens (tertiary/aromatic N) is 3. The maximum atomic E-state index is 12.0. The number of anilines is 1. The van der Waals surface area contributed by atoms with Crippen LogP contribution in [0.1, 0.15) is 43.2 Å². The summed E-state index contributed by atoms with van der Waals surface area (Å²) in [4.78, 5) is 55.3. The highest BCUT2D eigenvalue weighted by molar-refractivity contribution is 6.08. The summed E-state index contributed by atoms with van der Waals surface area (Å²) in [5.74, 6) is -2.38. The van der Waals surface area contributed by atoms with Gasteiger partial charge in [0.05, 0.1) is 10.9 Å². The number of carbonyl (C=O) groups excluding carboxylic acids is 4. The first kappa shape index (κ1) is 22.9. The maximum Gasteiger partial charge on any atom is 0.303 e. The number of rotatable bonds is 6. The second-order valence-electron chi connectivity index (χ2n) is 7.18. The number of ether oxygens (including phenoxy) is 4. The highest BCUT2D eigenvalue weighted by Gasteiger charge is 2.51. The minimum Gasteiger partial charge on any atom is -0.463 e. The molecule has 13 heteroatoms. The average Bonchev–Trinajstić information content (AvgIpc) is 3.18. The molecular formula is C19H23N5O8. The van der Waals surface area contributed by atoms with E-state index in [2.05, 4.69) is 9.97 Å². The van der Waals surface area contributed by atoms with Crippen LogP contribution in [0.4, 0.5) is 5.82 Å². The van der Waals surface area contributed by atoms with E-state index < -0.39 is 48.4 Å². The predicted octanol–water partition coefficient (Wildman–Crippen LogP) is -0.255. The van der Waals surface area contributed by atoms with Crippen molar-refractivity contribution in [1.82, 2.24) is 14.5 Å². The highest BCUT2D eigenvalue weighted by atomic mass is 16.7. The molecule has 3 rings (SSSR count). The van der Waals surface area contributed by atoms with Crippen molar-refractivity contribution in [2.24, 2.45) is 5.73 Å². The van der Waals surface area contributed by atoms with E-state index in [9.17, 15) is 19.2 Å². The molecular weight excluding hydrogens is 426 g/mol. The van der Waals surface area contributed by atoms with Crippen LogP contribution in [0.25, 0.3) is 11.0 Å². The van der Waals surface area contributed by atoms with Gasteiger partial charge in [0, 0.05) is 27.0 Å². The van der Waals surface area contributed by atoms with Crippen LogP contribution in [0.2, 0.25) is 0 Å². The van der Waals surface area contributed by atoms with E-state index in [1.807, 2.05) is 0 Å². The number of amides is 1. The summed E-state index contributed by atoms with van der Waals surface area (Å²) in [5.41, 5.74) is 11.7. The quantitative estimate of drug-likeness (QED) is 0.437. The van der Waals surface area contributed by atoms with Crippen molar-refractivity contribution in [3.63, 3.8) is 0 Å². The maximum absolute atomic E-state index is 12.0. The van der Waals surface area contributed by atoms with Gasteiger partial charge in [-0.2, -0.15) is 0 Å². The SMILES string of the molecule is CC(=O)OC[C@H]1O[C@@H](n2cc(C(N)=O)c3c(N)nc(C)nc32)[C@H](OC(C)=O)[C@@H]1OC(C)=O. The number of hydrogen-bond donors (Lipinski definition) is 2. The molecule has 0 aliphatic carbocycles. The molecule has 1 saturated heterocycles. The molecule has 0 radical (unpaired) electrons. The van der Waals surface area contributed by atoms with Gasteiger partial charge >= 0.3 is 17.9 Å². The monoisotopic (exact) mass is 449 g/mol. The van der Waals surface area contributed by atoms with Crippen LogP contribution in [-0.2, 0) is 33.3 Å². The Bertz CT molecular complexity index is 1100. The van der Waals surface area contributed by atoms with E-state index in [1.54, 1.807) is 6.92 Å². The van der Waals surface area contributed by atoms with Crippen LogP contribution < -0.4 is 11.5 Å². The Kier molecular flexibility index (Phi) is 6.30. The highest BCUT2D eigenvalue weighted by Crippen LogP contribution is 2.38. The van der Waals surface area contributed by atoms with Crippen LogP contribution in [0.15, 0.2) is 6.20 Å². The van der Waals surface area contributed by atoms with Crippen LogP contribution in [0.5, 0.6) is 0 Å². The molecule has 0 saturated carbocycles. The number of aryl methyl sites for hydroxylation is 1. The van der Waals surface area contributed by atoms with Gasteiger partial charge in [-0.3, -0.25) is 19.2 Å². The van der Waals surface area contributed by atoms with Gasteiger partial charge in [0.1, 0.15) is 30.0 Å². The number of fused-ring (bicyclic) bond motifs is 1. The minimum absolute atomic E-state index is 0.0232. The number of aromatic nitrogens is 3. The lowest BCUT2D eigenvalue weighted by Crippen LogP contribution is -2.40. The average molecular weight is 449 g/mol. The van der Waals surface area contributed by atoms with Gasteiger partial charge < -0.3 is 35.0 Å². The number of carbonyl (C=O) groups is 4. The molecule has 0 unspecified atom stereocenters. The van der Waals surface area contributed by atoms with Gasteiger partial charge in [-0.05, 0) is 6.92 Å². The van der Waals surface area contributed by atoms with Crippen molar-refractivity contribution in [3.05, 3.63) is 17.6 Å². The third-order valence-corrected chi connectivity index (χ3v) is 4.69. The molecule has 1 aliphatic heterocycles. The van der Waals surface area contributed by atoms with Gasteiger partial charge in [0.2, 0.25) is 0 Å². The van der Waals surface area contributed by atoms with Crippen molar-refractivity contribution in [2.45, 2.75) is 52.2 Å². The Morgan fingerprint density at radius 2 is 1.69 bits per heavy atom. The first-order valence-corrected chi connectivity index (χ1v) is 9.57. The molecule has 4 N–H and O–H groups in total. The van der Waals surface area contributed by atoms with Gasteiger partial charge in [0.15, 0.2) is 18.4 Å². The van der Waals surface area contributed by atoms with E-state index in [0.717, 1.165) is 0 Å². The molecule has 3 heterocycles. The molecule has 2 aromatic rings. The van der Waals surface area contributed by atoms with Crippen LogP contribution >= 0.6 is 0 Å². The number of nitrogens with two attached hydrogens (primary N) is 2. The summed E-state index contributed by atoms with van der Waals surface area (Å²) < 4.78 is 23.2. The third-order valence-electron chi connectivity index (χ3n) is 4.69. The van der Waals surface area contributed by atoms with Crippen molar-refractivity contribution < 1.29 is 38.1 Å². The zero-order valence-corrected chi connectivity index (χ0v) is 17.9. The fraction of sp³-hybridized carbons (Fsp3) is 0.474. The van der Waals surface area contributed by atoms with Gasteiger partial charge in [-0.1, -0.05) is 0 Å². The van der Waals surface area contributed by atoms with E-state index in [1.165, 1.54) is 31.5 Å². The van der Waals surface area contributed by atoms with Crippen LogP contribution in [-0.4, -0.2) is 63.3 Å². The minimum atomic E-state index is -1.16. The molecule has 172 valence electrons. The standard InChI is InChI=1S/C19H23N5O8/c1-7-22-16(20)13-11(17(21)28)5-24(18(13)23-7)19-15(31-10(4)27)14(30-9(3)26)12(32-19)6-29-8(2)25/h5,12,14-15,19H,6H2,1-4H3,(H2,21,28)(H2,20,22,23)/t12-,14-,15-,19-/m1/s1. The fourth-order valence-corrected chi connectivity index (χ4v) is 3.59. The summed E-state index contributed by atoms with van der Waals surface area (Å²) in [5, 5.41) is 0.195. The van der Waals surface area contributed by atoms with Gasteiger partial charge in [-0.25, -0.2) is 9.97 Å². The van der Waals surface area contributed by atoms with Crippen molar-refractivity contribution >= 4 is 40.7 Å². The lowest BCUT2D eigenvalue weighted by molar-refractivity contribution is -0.166. The van der Waals surface area contributed by atoms with E-state index in [-0.39, 0.29) is 29.0 Å². The summed E-state index contributed by atoms with van der Waals surface area (Å²) in [7, 11) is 0. The number of nitrogen functional groups attached to an aromatic ring is 1.